The van der Waals surface area contributed by atoms with Gasteiger partial charge in [-0.1, -0.05) is 48.2 Å². The molecule has 2 N–H and O–H groups in total. The number of thioether (sulfide) groups is 1. The van der Waals surface area contributed by atoms with Gasteiger partial charge < -0.3 is 9.73 Å². The summed E-state index contributed by atoms with van der Waals surface area (Å²) in [6.45, 7) is 4.14. The second-order valence-electron chi connectivity index (χ2n) is 6.89. The molecule has 0 aliphatic carbocycles. The summed E-state index contributed by atoms with van der Waals surface area (Å²) in [5.74, 6) is -0.0193. The van der Waals surface area contributed by atoms with E-state index < -0.39 is 11.9 Å². The maximum absolute atomic E-state index is 13.1. The van der Waals surface area contributed by atoms with Crippen molar-refractivity contribution in [3.05, 3.63) is 83.6 Å². The highest BCUT2D eigenvalue weighted by Crippen LogP contribution is 2.31. The second kappa shape index (κ2) is 10.3. The van der Waals surface area contributed by atoms with Crippen LogP contribution in [0.5, 0.6) is 0 Å². The molecule has 3 amide bonds. The lowest BCUT2D eigenvalue weighted by Crippen LogP contribution is -2.40. The van der Waals surface area contributed by atoms with Crippen LogP contribution in [0.4, 0.5) is 4.79 Å². The molecule has 3 heterocycles. The Bertz CT molecular complexity index is 1340. The Morgan fingerprint density at radius 1 is 1.21 bits per heavy atom. The molecular weight excluding hydrogens is 460 g/mol. The summed E-state index contributed by atoms with van der Waals surface area (Å²) in [4.78, 5) is 42.8. The number of nitrogens with one attached hydrogen (secondary N) is 2. The number of thiophene rings is 1. The highest BCUT2D eigenvalue weighted by atomic mass is 32.2. The molecule has 0 bridgehead atoms. The number of urea groups is 1. The first kappa shape index (κ1) is 22.6. The molecule has 168 valence electrons. The lowest BCUT2D eigenvalue weighted by Gasteiger charge is -2.10. The molecule has 0 saturated carbocycles. The van der Waals surface area contributed by atoms with Crippen molar-refractivity contribution in [3.8, 4) is 10.4 Å². The number of hydrogen-bond donors (Lipinski definition) is 2. The largest absolute Gasteiger partial charge is 0.467 e. The summed E-state index contributed by atoms with van der Waals surface area (Å²) in [5, 5.41) is 5.18. The number of nitrogens with zero attached hydrogens (tertiary/aromatic N) is 2. The highest BCUT2D eigenvalue weighted by molar-refractivity contribution is 7.99. The number of imide groups is 1. The Labute approximate surface area is 197 Å². The van der Waals surface area contributed by atoms with Gasteiger partial charge in [-0.3, -0.25) is 19.5 Å². The number of amides is 3. The van der Waals surface area contributed by atoms with Gasteiger partial charge in [-0.25, -0.2) is 9.78 Å². The van der Waals surface area contributed by atoms with Crippen LogP contribution in [0.25, 0.3) is 20.7 Å². The van der Waals surface area contributed by atoms with Crippen LogP contribution in [0.3, 0.4) is 0 Å². The monoisotopic (exact) mass is 480 g/mol. The maximum Gasteiger partial charge on any atom is 0.321 e. The van der Waals surface area contributed by atoms with E-state index in [0.717, 1.165) is 22.2 Å². The molecule has 0 aliphatic heterocycles. The van der Waals surface area contributed by atoms with E-state index in [9.17, 15) is 14.4 Å². The summed E-state index contributed by atoms with van der Waals surface area (Å²) in [6.07, 6.45) is 3.10. The van der Waals surface area contributed by atoms with Crippen LogP contribution in [0.1, 0.15) is 5.76 Å². The van der Waals surface area contributed by atoms with Gasteiger partial charge in [-0.15, -0.1) is 17.9 Å². The molecule has 4 rings (SSSR count). The third-order valence-electron chi connectivity index (χ3n) is 4.56. The number of carbonyl (C=O) groups is 2. The first-order valence-electron chi connectivity index (χ1n) is 9.98. The summed E-state index contributed by atoms with van der Waals surface area (Å²) in [5.41, 5.74) is 1.39. The quantitative estimate of drug-likeness (QED) is 0.224. The van der Waals surface area contributed by atoms with E-state index in [-0.39, 0.29) is 24.4 Å². The lowest BCUT2D eigenvalue weighted by molar-refractivity contribution is -0.117. The molecular formula is C23H20N4O4S2. The standard InChI is InChI=1S/C23H20N4O4S2/c1-2-10-27-21(29)20-17(12-18(33-20)15-7-4-3-5-8-15)25-23(27)32-14-19(28)26-22(30)24-13-16-9-6-11-31-16/h2-9,11-12H,1,10,13-14H2,(H2,24,26,28,30). The van der Waals surface area contributed by atoms with Gasteiger partial charge in [0, 0.05) is 11.4 Å². The molecule has 0 aliphatic rings. The second-order valence-corrected chi connectivity index (χ2v) is 8.88. The Morgan fingerprint density at radius 2 is 2.03 bits per heavy atom. The number of benzene rings is 1. The number of furan rings is 1. The van der Waals surface area contributed by atoms with Gasteiger partial charge in [0.05, 0.1) is 24.1 Å². The molecule has 0 fully saturated rings. The minimum atomic E-state index is -0.630. The molecule has 0 saturated heterocycles. The van der Waals surface area contributed by atoms with E-state index in [1.165, 1.54) is 22.2 Å². The molecule has 33 heavy (non-hydrogen) atoms. The summed E-state index contributed by atoms with van der Waals surface area (Å²) in [7, 11) is 0. The minimum Gasteiger partial charge on any atom is -0.467 e. The predicted molar refractivity (Wildman–Crippen MR) is 129 cm³/mol. The van der Waals surface area contributed by atoms with Crippen LogP contribution in [-0.4, -0.2) is 27.2 Å². The maximum atomic E-state index is 13.1. The number of carbonyl (C=O) groups excluding carboxylic acids is 2. The Balaban J connectivity index is 1.48. The van der Waals surface area contributed by atoms with Crippen LogP contribution in [0.15, 0.2) is 81.8 Å². The fourth-order valence-electron chi connectivity index (χ4n) is 3.05. The van der Waals surface area contributed by atoms with Gasteiger partial charge in [0.25, 0.3) is 5.56 Å². The van der Waals surface area contributed by atoms with Crippen molar-refractivity contribution in [2.24, 2.45) is 0 Å². The third-order valence-corrected chi connectivity index (χ3v) is 6.70. The molecule has 1 aromatic carbocycles. The normalized spacial score (nSPS) is 10.8. The first-order valence-corrected chi connectivity index (χ1v) is 11.8. The van der Waals surface area contributed by atoms with Crippen molar-refractivity contribution in [1.29, 1.82) is 0 Å². The molecule has 0 spiro atoms. The molecule has 10 heteroatoms. The van der Waals surface area contributed by atoms with Crippen molar-refractivity contribution < 1.29 is 14.0 Å². The fourth-order valence-corrected chi connectivity index (χ4v) is 4.91. The van der Waals surface area contributed by atoms with Crippen LogP contribution in [-0.2, 0) is 17.9 Å². The average molecular weight is 481 g/mol. The Morgan fingerprint density at radius 3 is 2.76 bits per heavy atom. The molecule has 3 aromatic heterocycles. The Kier molecular flexibility index (Phi) is 7.06. The molecule has 0 atom stereocenters. The average Bonchev–Trinajstić information content (AvgIpc) is 3.49. The van der Waals surface area contributed by atoms with Crippen LogP contribution in [0, 0.1) is 0 Å². The van der Waals surface area contributed by atoms with E-state index in [2.05, 4.69) is 22.2 Å². The predicted octanol–water partition coefficient (Wildman–Crippen LogP) is 4.02. The van der Waals surface area contributed by atoms with Crippen molar-refractivity contribution in [2.75, 3.05) is 5.75 Å². The van der Waals surface area contributed by atoms with Crippen molar-refractivity contribution in [3.63, 3.8) is 0 Å². The molecule has 0 radical (unpaired) electrons. The topological polar surface area (TPSA) is 106 Å². The third kappa shape index (κ3) is 5.41. The van der Waals surface area contributed by atoms with E-state index in [4.69, 9.17) is 4.42 Å². The SMILES string of the molecule is C=CCn1c(SCC(=O)NC(=O)NCc2ccco2)nc2cc(-c3ccccc3)sc2c1=O. The summed E-state index contributed by atoms with van der Waals surface area (Å²) in [6, 6.07) is 14.4. The number of rotatable bonds is 8. The van der Waals surface area contributed by atoms with E-state index >= 15 is 0 Å². The van der Waals surface area contributed by atoms with Gasteiger partial charge in [0.2, 0.25) is 5.91 Å². The highest BCUT2D eigenvalue weighted by Gasteiger charge is 2.16. The van der Waals surface area contributed by atoms with Gasteiger partial charge in [0.15, 0.2) is 5.16 Å². The minimum absolute atomic E-state index is 0.0844. The lowest BCUT2D eigenvalue weighted by atomic mass is 10.2. The number of fused-ring (bicyclic) bond motifs is 1. The van der Waals surface area contributed by atoms with Crippen molar-refractivity contribution >= 4 is 45.3 Å². The van der Waals surface area contributed by atoms with Gasteiger partial charge >= 0.3 is 6.03 Å². The first-order chi connectivity index (χ1) is 16.0. The summed E-state index contributed by atoms with van der Waals surface area (Å²) >= 11 is 2.47. The van der Waals surface area contributed by atoms with Crippen molar-refractivity contribution in [2.45, 2.75) is 18.2 Å². The van der Waals surface area contributed by atoms with Gasteiger partial charge in [-0.05, 0) is 23.8 Å². The summed E-state index contributed by atoms with van der Waals surface area (Å²) < 4.78 is 7.15. The zero-order valence-corrected chi connectivity index (χ0v) is 19.1. The van der Waals surface area contributed by atoms with Crippen LogP contribution < -0.4 is 16.2 Å². The fraction of sp³-hybridized carbons (Fsp3) is 0.130. The van der Waals surface area contributed by atoms with Gasteiger partial charge in [-0.2, -0.15) is 0 Å². The molecule has 4 aromatic rings. The number of hydrogen-bond acceptors (Lipinski definition) is 7. The molecule has 8 nitrogen and oxygen atoms in total. The van der Waals surface area contributed by atoms with Crippen LogP contribution in [0.2, 0.25) is 0 Å². The van der Waals surface area contributed by atoms with Crippen molar-refractivity contribution in [1.82, 2.24) is 20.2 Å². The zero-order valence-electron chi connectivity index (χ0n) is 17.4. The number of aromatic nitrogens is 2. The zero-order chi connectivity index (χ0) is 23.2. The Hall–Kier alpha value is -3.63. The number of allylic oxidation sites excluding steroid dienone is 1. The van der Waals surface area contributed by atoms with Crippen LogP contribution >= 0.6 is 23.1 Å². The van der Waals surface area contributed by atoms with E-state index in [0.29, 0.717) is 21.1 Å². The smallest absolute Gasteiger partial charge is 0.321 e. The van der Waals surface area contributed by atoms with E-state index in [1.54, 1.807) is 18.2 Å². The molecule has 0 unspecified atom stereocenters. The van der Waals surface area contributed by atoms with E-state index in [1.807, 2.05) is 36.4 Å². The van der Waals surface area contributed by atoms with Gasteiger partial charge in [0.1, 0.15) is 10.5 Å².